The Kier molecular flexibility index (Phi) is 6.60. The number of nitrogens with one attached hydrogen (secondary N) is 1. The normalized spacial score (nSPS) is 19.1. The van der Waals surface area contributed by atoms with Gasteiger partial charge in [0.05, 0.1) is 16.9 Å². The van der Waals surface area contributed by atoms with E-state index in [0.717, 1.165) is 54.7 Å². The van der Waals surface area contributed by atoms with Gasteiger partial charge >= 0.3 is 0 Å². The molecule has 0 radical (unpaired) electrons. The fourth-order valence-corrected chi connectivity index (χ4v) is 4.64. The molecule has 2 aromatic rings. The summed E-state index contributed by atoms with van der Waals surface area (Å²) < 4.78 is 19.1. The smallest absolute Gasteiger partial charge is 0.139 e. The number of anilines is 2. The molecule has 5 nitrogen and oxygen atoms in total. The molecule has 0 bridgehead atoms. The molecule has 0 unspecified atom stereocenters. The second-order valence-electron chi connectivity index (χ2n) is 7.18. The van der Waals surface area contributed by atoms with E-state index in [1.54, 1.807) is 24.5 Å². The monoisotopic (exact) mass is 424 g/mol. The molecule has 1 aromatic carbocycles. The van der Waals surface area contributed by atoms with E-state index < -0.39 is 0 Å². The van der Waals surface area contributed by atoms with Gasteiger partial charge in [0, 0.05) is 50.3 Å². The lowest BCUT2D eigenvalue weighted by atomic mass is 10.1. The Morgan fingerprint density at radius 3 is 2.93 bits per heavy atom. The van der Waals surface area contributed by atoms with Gasteiger partial charge in [0.1, 0.15) is 16.7 Å². The van der Waals surface area contributed by atoms with Crippen LogP contribution in [0.2, 0.25) is 0 Å². The average molecular weight is 425 g/mol. The zero-order valence-corrected chi connectivity index (χ0v) is 18.0. The number of methoxy groups -OCH3 is 1. The number of hydrogen-bond acceptors (Lipinski definition) is 6. The maximum absolute atomic E-state index is 13.8. The number of piperazine rings is 1. The van der Waals surface area contributed by atoms with Crippen molar-refractivity contribution >= 4 is 46.0 Å². The first-order valence-corrected chi connectivity index (χ1v) is 10.1. The summed E-state index contributed by atoms with van der Waals surface area (Å²) in [5.74, 6) is 0.665. The molecule has 0 amide bonds. The van der Waals surface area contributed by atoms with E-state index in [4.69, 9.17) is 9.73 Å². The zero-order chi connectivity index (χ0) is 19.0. The zero-order valence-electron chi connectivity index (χ0n) is 16.4. The standard InChI is InChI=1S/C20H25FN4OS.ClH/c1-13-10-16-19(25-8-7-24(2)15(12-25)6-9-26-3)22-18-11-14(21)4-5-17(18)23-20(16)27-13;/h4-5,10-11,15,23H,6-9,12H2,1-3H3;1H/t15-;/m0./s1. The Labute approximate surface area is 175 Å². The second kappa shape index (κ2) is 8.78. The molecular formula is C20H26ClFN4OS. The van der Waals surface area contributed by atoms with Crippen molar-refractivity contribution in [3.63, 3.8) is 0 Å². The number of nitrogens with zero attached hydrogens (tertiary/aromatic N) is 3. The van der Waals surface area contributed by atoms with Gasteiger partial charge in [-0.05, 0) is 38.6 Å². The van der Waals surface area contributed by atoms with Crippen molar-refractivity contribution in [3.05, 3.63) is 40.5 Å². The van der Waals surface area contributed by atoms with E-state index in [0.29, 0.717) is 11.7 Å². The second-order valence-corrected chi connectivity index (χ2v) is 8.44. The third kappa shape index (κ3) is 4.17. The Morgan fingerprint density at radius 2 is 2.14 bits per heavy atom. The number of aryl methyl sites for hydroxylation is 1. The van der Waals surface area contributed by atoms with Crippen LogP contribution in [0.1, 0.15) is 16.9 Å². The Balaban J connectivity index is 0.00000225. The van der Waals surface area contributed by atoms with E-state index in [1.807, 2.05) is 0 Å². The lowest BCUT2D eigenvalue weighted by molar-refractivity contribution is 0.100. The Bertz CT molecular complexity index is 872. The lowest BCUT2D eigenvalue weighted by Crippen LogP contribution is -2.53. The number of fused-ring (bicyclic) bond motifs is 2. The van der Waals surface area contributed by atoms with Crippen LogP contribution in [0.5, 0.6) is 0 Å². The number of thiophene rings is 1. The fourth-order valence-electron chi connectivity index (χ4n) is 3.72. The van der Waals surface area contributed by atoms with Gasteiger partial charge < -0.3 is 15.0 Å². The molecule has 28 heavy (non-hydrogen) atoms. The number of hydrogen-bond donors (Lipinski definition) is 1. The van der Waals surface area contributed by atoms with Crippen LogP contribution >= 0.6 is 23.7 Å². The highest BCUT2D eigenvalue weighted by Crippen LogP contribution is 2.39. The highest BCUT2D eigenvalue weighted by Gasteiger charge is 2.30. The van der Waals surface area contributed by atoms with Crippen molar-refractivity contribution in [2.24, 2.45) is 4.99 Å². The van der Waals surface area contributed by atoms with Gasteiger partial charge in [-0.1, -0.05) is 0 Å². The molecule has 1 saturated heterocycles. The van der Waals surface area contributed by atoms with Gasteiger partial charge in [-0.15, -0.1) is 23.7 Å². The predicted octanol–water partition coefficient (Wildman–Crippen LogP) is 4.41. The third-order valence-electron chi connectivity index (χ3n) is 5.26. The van der Waals surface area contributed by atoms with Crippen molar-refractivity contribution in [3.8, 4) is 0 Å². The maximum Gasteiger partial charge on any atom is 0.139 e. The van der Waals surface area contributed by atoms with Crippen LogP contribution in [-0.2, 0) is 4.74 Å². The van der Waals surface area contributed by atoms with Gasteiger partial charge in [0.15, 0.2) is 0 Å². The molecule has 3 heterocycles. The molecule has 2 aliphatic rings. The molecular weight excluding hydrogens is 399 g/mol. The van der Waals surface area contributed by atoms with E-state index >= 15 is 0 Å². The molecule has 2 aliphatic heterocycles. The largest absolute Gasteiger partial charge is 0.385 e. The van der Waals surface area contributed by atoms with Crippen LogP contribution in [0.4, 0.5) is 20.8 Å². The minimum atomic E-state index is -0.267. The summed E-state index contributed by atoms with van der Waals surface area (Å²) in [5.41, 5.74) is 2.60. The molecule has 152 valence electrons. The van der Waals surface area contributed by atoms with Crippen molar-refractivity contribution in [1.82, 2.24) is 9.80 Å². The molecule has 8 heteroatoms. The molecule has 1 fully saturated rings. The van der Waals surface area contributed by atoms with E-state index in [9.17, 15) is 4.39 Å². The summed E-state index contributed by atoms with van der Waals surface area (Å²) in [7, 11) is 3.91. The van der Waals surface area contributed by atoms with E-state index in [-0.39, 0.29) is 18.2 Å². The van der Waals surface area contributed by atoms with Crippen molar-refractivity contribution in [2.45, 2.75) is 19.4 Å². The number of rotatable bonds is 3. The summed E-state index contributed by atoms with van der Waals surface area (Å²) in [6, 6.07) is 7.33. The highest BCUT2D eigenvalue weighted by atomic mass is 35.5. The Morgan fingerprint density at radius 1 is 1.32 bits per heavy atom. The van der Waals surface area contributed by atoms with Crippen LogP contribution in [0.15, 0.2) is 29.3 Å². The van der Waals surface area contributed by atoms with E-state index in [2.05, 4.69) is 35.2 Å². The first-order valence-electron chi connectivity index (χ1n) is 9.25. The molecule has 0 aliphatic carbocycles. The average Bonchev–Trinajstić information content (AvgIpc) is 2.94. The summed E-state index contributed by atoms with van der Waals surface area (Å²) in [4.78, 5) is 10.9. The maximum atomic E-state index is 13.8. The predicted molar refractivity (Wildman–Crippen MR) is 117 cm³/mol. The van der Waals surface area contributed by atoms with Crippen LogP contribution in [0, 0.1) is 12.7 Å². The number of ether oxygens (including phenoxy) is 1. The van der Waals surface area contributed by atoms with Gasteiger partial charge in [-0.2, -0.15) is 0 Å². The molecule has 0 saturated carbocycles. The Hall–Kier alpha value is -1.67. The topological polar surface area (TPSA) is 40.1 Å². The number of halogens is 2. The van der Waals surface area contributed by atoms with Gasteiger partial charge in [-0.25, -0.2) is 9.38 Å². The molecule has 4 rings (SSSR count). The summed E-state index contributed by atoms with van der Waals surface area (Å²) >= 11 is 1.71. The quantitative estimate of drug-likeness (QED) is 0.792. The number of likely N-dealkylation sites (N-methyl/N-ethyl adjacent to an activating group) is 1. The fraction of sp³-hybridized carbons (Fsp3) is 0.450. The van der Waals surface area contributed by atoms with E-state index in [1.165, 1.54) is 17.0 Å². The summed E-state index contributed by atoms with van der Waals surface area (Å²) in [6.07, 6.45) is 0.982. The van der Waals surface area contributed by atoms with Crippen LogP contribution in [0.25, 0.3) is 0 Å². The summed E-state index contributed by atoms with van der Waals surface area (Å²) in [6.45, 7) is 5.61. The first kappa shape index (κ1) is 21.0. The van der Waals surface area contributed by atoms with Gasteiger partial charge in [0.2, 0.25) is 0 Å². The first-order chi connectivity index (χ1) is 13.0. The minimum absolute atomic E-state index is 0. The molecule has 0 spiro atoms. The molecule has 1 atom stereocenters. The minimum Gasteiger partial charge on any atom is -0.385 e. The summed E-state index contributed by atoms with van der Waals surface area (Å²) in [5, 5.41) is 4.53. The number of aliphatic imine (C=N–C) groups is 1. The van der Waals surface area contributed by atoms with Crippen LogP contribution in [-0.4, -0.2) is 62.1 Å². The number of amidine groups is 1. The third-order valence-corrected chi connectivity index (χ3v) is 6.23. The van der Waals surface area contributed by atoms with Gasteiger partial charge in [0.25, 0.3) is 0 Å². The van der Waals surface area contributed by atoms with Gasteiger partial charge in [-0.3, -0.25) is 4.90 Å². The van der Waals surface area contributed by atoms with Crippen LogP contribution in [0.3, 0.4) is 0 Å². The molecule has 1 N–H and O–H groups in total. The van der Waals surface area contributed by atoms with Crippen molar-refractivity contribution < 1.29 is 9.13 Å². The van der Waals surface area contributed by atoms with Crippen molar-refractivity contribution in [1.29, 1.82) is 0 Å². The van der Waals surface area contributed by atoms with Crippen molar-refractivity contribution in [2.75, 3.05) is 45.7 Å². The molecule has 1 aromatic heterocycles. The number of benzene rings is 1. The highest BCUT2D eigenvalue weighted by molar-refractivity contribution is 7.16. The lowest BCUT2D eigenvalue weighted by Gasteiger charge is -2.40. The SMILES string of the molecule is COCC[C@H]1CN(C2=Nc3cc(F)ccc3Nc3sc(C)cc32)CCN1C.Cl. The van der Waals surface area contributed by atoms with Crippen LogP contribution < -0.4 is 5.32 Å².